The van der Waals surface area contributed by atoms with Crippen LogP contribution in [0, 0.1) is 5.41 Å². The van der Waals surface area contributed by atoms with Crippen molar-refractivity contribution in [3.05, 3.63) is 0 Å². The molecule has 1 heterocycles. The summed E-state index contributed by atoms with van der Waals surface area (Å²) in [5.41, 5.74) is 5.87. The van der Waals surface area contributed by atoms with E-state index in [0.29, 0.717) is 25.8 Å². The van der Waals surface area contributed by atoms with Crippen LogP contribution in [0.1, 0.15) is 51.4 Å². The molecular formula is C14H26N2O3S. The van der Waals surface area contributed by atoms with Crippen molar-refractivity contribution in [2.24, 2.45) is 11.1 Å². The Balaban J connectivity index is 1.83. The van der Waals surface area contributed by atoms with Gasteiger partial charge in [0.15, 0.2) is 0 Å². The Morgan fingerprint density at radius 2 is 1.75 bits per heavy atom. The summed E-state index contributed by atoms with van der Waals surface area (Å²) >= 11 is 0. The van der Waals surface area contributed by atoms with Gasteiger partial charge in [-0.3, -0.25) is 4.79 Å². The van der Waals surface area contributed by atoms with Crippen molar-refractivity contribution in [3.63, 3.8) is 0 Å². The molecule has 0 aromatic rings. The first-order valence-electron chi connectivity index (χ1n) is 7.65. The Bertz CT molecular complexity index is 427. The van der Waals surface area contributed by atoms with Crippen molar-refractivity contribution in [1.82, 2.24) is 5.32 Å². The third-order valence-electron chi connectivity index (χ3n) is 4.80. The van der Waals surface area contributed by atoms with Crippen LogP contribution >= 0.6 is 0 Å². The lowest BCUT2D eigenvalue weighted by Crippen LogP contribution is -2.44. The van der Waals surface area contributed by atoms with Crippen LogP contribution in [-0.2, 0) is 14.6 Å². The summed E-state index contributed by atoms with van der Waals surface area (Å²) in [5, 5.41) is 3.00. The molecule has 1 amide bonds. The standard InChI is InChI=1S/C14H26N2O3S/c15-11-14(6-2-1-3-7-14)10-13(17)16-12-4-8-20(18,19)9-5-12/h12H,1-11,15H2,(H,16,17). The summed E-state index contributed by atoms with van der Waals surface area (Å²) in [6.45, 7) is 0.569. The highest BCUT2D eigenvalue weighted by Gasteiger charge is 2.34. The highest BCUT2D eigenvalue weighted by Crippen LogP contribution is 2.38. The van der Waals surface area contributed by atoms with Crippen molar-refractivity contribution < 1.29 is 13.2 Å². The summed E-state index contributed by atoms with van der Waals surface area (Å²) in [5.74, 6) is 0.432. The van der Waals surface area contributed by atoms with Crippen molar-refractivity contribution in [3.8, 4) is 0 Å². The molecule has 20 heavy (non-hydrogen) atoms. The van der Waals surface area contributed by atoms with E-state index >= 15 is 0 Å². The highest BCUT2D eigenvalue weighted by atomic mass is 32.2. The van der Waals surface area contributed by atoms with Gasteiger partial charge in [0.1, 0.15) is 9.84 Å². The van der Waals surface area contributed by atoms with Crippen molar-refractivity contribution in [2.45, 2.75) is 57.4 Å². The van der Waals surface area contributed by atoms with Gasteiger partial charge in [-0.2, -0.15) is 0 Å². The smallest absolute Gasteiger partial charge is 0.220 e. The maximum atomic E-state index is 12.2. The Morgan fingerprint density at radius 3 is 2.30 bits per heavy atom. The molecule has 1 aliphatic carbocycles. The maximum absolute atomic E-state index is 12.2. The largest absolute Gasteiger partial charge is 0.353 e. The van der Waals surface area contributed by atoms with Crippen molar-refractivity contribution in [2.75, 3.05) is 18.1 Å². The number of rotatable bonds is 4. The summed E-state index contributed by atoms with van der Waals surface area (Å²) < 4.78 is 22.7. The van der Waals surface area contributed by atoms with Gasteiger partial charge in [0.2, 0.25) is 5.91 Å². The molecule has 1 saturated heterocycles. The average Bonchev–Trinajstić information content (AvgIpc) is 2.42. The van der Waals surface area contributed by atoms with Crippen LogP contribution < -0.4 is 11.1 Å². The first-order valence-corrected chi connectivity index (χ1v) is 9.47. The minimum atomic E-state index is -2.87. The van der Waals surface area contributed by atoms with Crippen molar-refractivity contribution >= 4 is 15.7 Å². The summed E-state index contributed by atoms with van der Waals surface area (Å²) in [4.78, 5) is 12.2. The molecule has 2 aliphatic rings. The molecule has 2 rings (SSSR count). The van der Waals surface area contributed by atoms with Crippen LogP contribution in [0.2, 0.25) is 0 Å². The Kier molecular flexibility index (Phi) is 5.07. The molecule has 6 heteroatoms. The number of sulfone groups is 1. The van der Waals surface area contributed by atoms with E-state index in [1.165, 1.54) is 6.42 Å². The minimum absolute atomic E-state index is 0.0180. The summed E-state index contributed by atoms with van der Waals surface area (Å²) in [7, 11) is -2.87. The van der Waals surface area contributed by atoms with Gasteiger partial charge in [0, 0.05) is 12.5 Å². The van der Waals surface area contributed by atoms with Crippen LogP contribution in [0.4, 0.5) is 0 Å². The zero-order valence-electron chi connectivity index (χ0n) is 12.1. The molecule has 0 unspecified atom stereocenters. The van der Waals surface area contributed by atoms with Crippen LogP contribution in [-0.4, -0.2) is 38.4 Å². The Morgan fingerprint density at radius 1 is 1.15 bits per heavy atom. The number of carbonyl (C=O) groups excluding carboxylic acids is 1. The number of hydrogen-bond acceptors (Lipinski definition) is 4. The third kappa shape index (κ3) is 4.19. The lowest BCUT2D eigenvalue weighted by molar-refractivity contribution is -0.124. The minimum Gasteiger partial charge on any atom is -0.353 e. The van der Waals surface area contributed by atoms with E-state index in [1.807, 2.05) is 0 Å². The molecule has 2 fully saturated rings. The average molecular weight is 302 g/mol. The lowest BCUT2D eigenvalue weighted by atomic mass is 9.71. The summed E-state index contributed by atoms with van der Waals surface area (Å²) in [6.07, 6.45) is 7.22. The van der Waals surface area contributed by atoms with Gasteiger partial charge in [-0.1, -0.05) is 19.3 Å². The topological polar surface area (TPSA) is 89.3 Å². The Labute approximate surface area is 121 Å². The van der Waals surface area contributed by atoms with E-state index in [0.717, 1.165) is 25.7 Å². The third-order valence-corrected chi connectivity index (χ3v) is 6.52. The molecule has 3 N–H and O–H groups in total. The molecule has 0 radical (unpaired) electrons. The fourth-order valence-electron chi connectivity index (χ4n) is 3.41. The molecule has 1 aliphatic heterocycles. The zero-order chi connectivity index (χ0) is 14.6. The first kappa shape index (κ1) is 15.8. The van der Waals surface area contributed by atoms with E-state index < -0.39 is 9.84 Å². The lowest BCUT2D eigenvalue weighted by Gasteiger charge is -2.36. The predicted molar refractivity (Wildman–Crippen MR) is 79.0 cm³/mol. The van der Waals surface area contributed by atoms with Gasteiger partial charge >= 0.3 is 0 Å². The second-order valence-electron chi connectivity index (χ2n) is 6.44. The molecule has 0 spiro atoms. The molecular weight excluding hydrogens is 276 g/mol. The van der Waals surface area contributed by atoms with Crippen LogP contribution in [0.15, 0.2) is 0 Å². The quantitative estimate of drug-likeness (QED) is 0.810. The SMILES string of the molecule is NCC1(CC(=O)NC2CCS(=O)(=O)CC2)CCCCC1. The summed E-state index contributed by atoms with van der Waals surface area (Å²) in [6, 6.07) is 0.0180. The van der Waals surface area contributed by atoms with E-state index in [1.54, 1.807) is 0 Å². The monoisotopic (exact) mass is 302 g/mol. The molecule has 5 nitrogen and oxygen atoms in total. The number of nitrogens with two attached hydrogens (primary N) is 1. The van der Waals surface area contributed by atoms with Crippen LogP contribution in [0.3, 0.4) is 0 Å². The van der Waals surface area contributed by atoms with Crippen LogP contribution in [0.5, 0.6) is 0 Å². The zero-order valence-corrected chi connectivity index (χ0v) is 12.9. The van der Waals surface area contributed by atoms with Gasteiger partial charge in [-0.05, 0) is 37.6 Å². The van der Waals surface area contributed by atoms with E-state index in [2.05, 4.69) is 5.32 Å². The normalized spacial score (nSPS) is 26.1. The molecule has 0 aromatic carbocycles. The number of amides is 1. The predicted octanol–water partition coefficient (Wildman–Crippen LogP) is 0.979. The van der Waals surface area contributed by atoms with Gasteiger partial charge in [0.25, 0.3) is 0 Å². The van der Waals surface area contributed by atoms with Crippen LogP contribution in [0.25, 0.3) is 0 Å². The molecule has 0 bridgehead atoms. The highest BCUT2D eigenvalue weighted by molar-refractivity contribution is 7.91. The molecule has 0 aromatic heterocycles. The van der Waals surface area contributed by atoms with E-state index in [4.69, 9.17) is 5.73 Å². The second kappa shape index (κ2) is 6.43. The fraction of sp³-hybridized carbons (Fsp3) is 0.929. The first-order chi connectivity index (χ1) is 9.45. The van der Waals surface area contributed by atoms with E-state index in [-0.39, 0.29) is 28.9 Å². The van der Waals surface area contributed by atoms with E-state index in [9.17, 15) is 13.2 Å². The number of carbonyl (C=O) groups is 1. The second-order valence-corrected chi connectivity index (χ2v) is 8.74. The fourth-order valence-corrected chi connectivity index (χ4v) is 4.90. The number of hydrogen-bond donors (Lipinski definition) is 2. The van der Waals surface area contributed by atoms with Crippen molar-refractivity contribution in [1.29, 1.82) is 0 Å². The number of nitrogens with one attached hydrogen (secondary N) is 1. The Hall–Kier alpha value is -0.620. The maximum Gasteiger partial charge on any atom is 0.220 e. The molecule has 116 valence electrons. The molecule has 0 atom stereocenters. The van der Waals surface area contributed by atoms with Gasteiger partial charge < -0.3 is 11.1 Å². The van der Waals surface area contributed by atoms with Gasteiger partial charge in [0.05, 0.1) is 11.5 Å². The molecule has 1 saturated carbocycles. The van der Waals surface area contributed by atoms with Gasteiger partial charge in [-0.15, -0.1) is 0 Å². The van der Waals surface area contributed by atoms with Gasteiger partial charge in [-0.25, -0.2) is 8.42 Å².